The minimum absolute atomic E-state index is 0.0409. The van der Waals surface area contributed by atoms with E-state index in [9.17, 15) is 19.0 Å². The largest absolute Gasteiger partial charge is 0.472 e. The Hall–Kier alpha value is -2.81. The van der Waals surface area contributed by atoms with Crippen molar-refractivity contribution in [3.63, 3.8) is 0 Å². The lowest BCUT2D eigenvalue weighted by molar-refractivity contribution is -0.161. The van der Waals surface area contributed by atoms with E-state index >= 15 is 0 Å². The summed E-state index contributed by atoms with van der Waals surface area (Å²) in [5.41, 5.74) is 5.33. The quantitative estimate of drug-likeness (QED) is 0.0210. The molecule has 0 heterocycles. The average molecular weight is 762 g/mol. The van der Waals surface area contributed by atoms with Gasteiger partial charge in [0.05, 0.1) is 13.2 Å². The predicted octanol–water partition coefficient (Wildman–Crippen LogP) is 11.3. The molecule has 0 aromatic rings. The lowest BCUT2D eigenvalue weighted by Gasteiger charge is -2.19. The number of phosphoric acid groups is 1. The number of carbonyl (C=O) groups is 2. The van der Waals surface area contributed by atoms with Crippen molar-refractivity contribution in [1.82, 2.24) is 0 Å². The second-order valence-corrected chi connectivity index (χ2v) is 14.3. The first kappa shape index (κ1) is 50.2. The number of unbranched alkanes of at least 4 members (excludes halogenated alkanes) is 12. The van der Waals surface area contributed by atoms with Gasteiger partial charge in [-0.15, -0.1) is 0 Å². The first-order valence-electron chi connectivity index (χ1n) is 20.1. The number of carbonyl (C=O) groups excluding carboxylic acids is 2. The maximum atomic E-state index is 12.6. The molecule has 2 atom stereocenters. The molecule has 0 rings (SSSR count). The Morgan fingerprint density at radius 3 is 1.72 bits per heavy atom. The van der Waals surface area contributed by atoms with E-state index in [1.807, 2.05) is 30.4 Å². The monoisotopic (exact) mass is 761 g/mol. The lowest BCUT2D eigenvalue weighted by atomic mass is 10.1. The summed E-state index contributed by atoms with van der Waals surface area (Å²) in [6.45, 7) is 3.48. The normalized spacial score (nSPS) is 14.3. The third-order valence-electron chi connectivity index (χ3n) is 7.86. The van der Waals surface area contributed by atoms with Crippen LogP contribution in [-0.2, 0) is 32.7 Å². The first-order chi connectivity index (χ1) is 25.8. The van der Waals surface area contributed by atoms with Gasteiger partial charge in [-0.1, -0.05) is 144 Å². The van der Waals surface area contributed by atoms with Crippen molar-refractivity contribution in [2.75, 3.05) is 26.4 Å². The van der Waals surface area contributed by atoms with Crippen LogP contribution >= 0.6 is 7.82 Å². The van der Waals surface area contributed by atoms with E-state index in [2.05, 4.69) is 68.5 Å². The first-order valence-corrected chi connectivity index (χ1v) is 21.6. The summed E-state index contributed by atoms with van der Waals surface area (Å²) in [6.07, 6.45) is 47.5. The summed E-state index contributed by atoms with van der Waals surface area (Å²) in [5.74, 6) is -0.891. The molecule has 53 heavy (non-hydrogen) atoms. The topological polar surface area (TPSA) is 134 Å². The number of hydrogen-bond donors (Lipinski definition) is 2. The van der Waals surface area contributed by atoms with Crippen molar-refractivity contribution in [1.29, 1.82) is 0 Å². The van der Waals surface area contributed by atoms with Crippen LogP contribution in [-0.4, -0.2) is 49.3 Å². The highest BCUT2D eigenvalue weighted by atomic mass is 31.2. The Bertz CT molecular complexity index is 1140. The highest BCUT2D eigenvalue weighted by Gasteiger charge is 2.25. The molecule has 0 spiro atoms. The van der Waals surface area contributed by atoms with Gasteiger partial charge in [0.25, 0.3) is 0 Å². The van der Waals surface area contributed by atoms with Crippen LogP contribution in [0.4, 0.5) is 0 Å². The molecule has 0 amide bonds. The molecular weight excluding hydrogens is 689 g/mol. The smallest absolute Gasteiger partial charge is 0.462 e. The fourth-order valence-electron chi connectivity index (χ4n) is 4.88. The van der Waals surface area contributed by atoms with Gasteiger partial charge < -0.3 is 20.1 Å². The predicted molar refractivity (Wildman–Crippen MR) is 219 cm³/mol. The van der Waals surface area contributed by atoms with Gasteiger partial charge in [-0.3, -0.25) is 18.6 Å². The third kappa shape index (κ3) is 38.7. The van der Waals surface area contributed by atoms with Gasteiger partial charge in [0.15, 0.2) is 6.10 Å². The van der Waals surface area contributed by atoms with Gasteiger partial charge in [0.2, 0.25) is 0 Å². The summed E-state index contributed by atoms with van der Waals surface area (Å²) in [7, 11) is -4.39. The molecule has 1 unspecified atom stereocenters. The zero-order valence-corrected chi connectivity index (χ0v) is 33.9. The van der Waals surface area contributed by atoms with Crippen molar-refractivity contribution in [2.45, 2.75) is 148 Å². The molecule has 302 valence electrons. The highest BCUT2D eigenvalue weighted by Crippen LogP contribution is 2.43. The van der Waals surface area contributed by atoms with Gasteiger partial charge in [0.1, 0.15) is 6.61 Å². The highest BCUT2D eigenvalue weighted by molar-refractivity contribution is 7.47. The van der Waals surface area contributed by atoms with E-state index in [1.165, 1.54) is 25.7 Å². The molecular formula is C43H72NO8P. The second kappa shape index (κ2) is 38.9. The Labute approximate surface area is 322 Å². The molecule has 0 aromatic carbocycles. The Balaban J connectivity index is 4.31. The second-order valence-electron chi connectivity index (χ2n) is 12.9. The van der Waals surface area contributed by atoms with E-state index < -0.39 is 32.5 Å². The van der Waals surface area contributed by atoms with Crippen molar-refractivity contribution in [3.05, 3.63) is 85.1 Å². The van der Waals surface area contributed by atoms with Crippen LogP contribution in [0, 0.1) is 0 Å². The lowest BCUT2D eigenvalue weighted by Crippen LogP contribution is -2.29. The molecule has 10 heteroatoms. The Morgan fingerprint density at radius 1 is 0.604 bits per heavy atom. The maximum absolute atomic E-state index is 12.6. The number of hydrogen-bond acceptors (Lipinski definition) is 8. The van der Waals surface area contributed by atoms with Crippen molar-refractivity contribution < 1.29 is 37.6 Å². The summed E-state index contributed by atoms with van der Waals surface area (Å²) in [6, 6.07) is 0. The summed E-state index contributed by atoms with van der Waals surface area (Å²) >= 11 is 0. The molecule has 0 saturated carbocycles. The van der Waals surface area contributed by atoms with Crippen molar-refractivity contribution in [3.8, 4) is 0 Å². The summed E-state index contributed by atoms with van der Waals surface area (Å²) in [4.78, 5) is 34.8. The average Bonchev–Trinajstić information content (AvgIpc) is 3.14. The number of nitrogens with two attached hydrogens (primary N) is 1. The number of rotatable bonds is 36. The molecule has 3 N–H and O–H groups in total. The van der Waals surface area contributed by atoms with Gasteiger partial charge in [-0.2, -0.15) is 0 Å². The van der Waals surface area contributed by atoms with Crippen molar-refractivity contribution in [2.24, 2.45) is 5.73 Å². The summed E-state index contributed by atoms with van der Waals surface area (Å²) in [5, 5.41) is 0. The van der Waals surface area contributed by atoms with E-state index in [0.29, 0.717) is 12.8 Å². The molecule has 0 radical (unpaired) electrons. The molecule has 0 aliphatic heterocycles. The van der Waals surface area contributed by atoms with Crippen LogP contribution in [0.25, 0.3) is 0 Å². The Kier molecular flexibility index (Phi) is 36.8. The Morgan fingerprint density at radius 2 is 1.11 bits per heavy atom. The van der Waals surface area contributed by atoms with E-state index in [-0.39, 0.29) is 32.6 Å². The minimum atomic E-state index is -4.39. The molecule has 0 saturated heterocycles. The van der Waals surface area contributed by atoms with Crippen LogP contribution in [0.3, 0.4) is 0 Å². The third-order valence-corrected chi connectivity index (χ3v) is 8.84. The van der Waals surface area contributed by atoms with Crippen LogP contribution in [0.1, 0.15) is 142 Å². The number of allylic oxidation sites excluding steroid dienone is 14. The zero-order valence-electron chi connectivity index (χ0n) is 33.0. The number of esters is 2. The van der Waals surface area contributed by atoms with Gasteiger partial charge in [-0.05, 0) is 70.6 Å². The van der Waals surface area contributed by atoms with Crippen LogP contribution < -0.4 is 5.73 Å². The van der Waals surface area contributed by atoms with Gasteiger partial charge >= 0.3 is 19.8 Å². The molecule has 0 bridgehead atoms. The summed E-state index contributed by atoms with van der Waals surface area (Å²) < 4.78 is 32.7. The number of ether oxygens (including phenoxy) is 2. The van der Waals surface area contributed by atoms with Crippen LogP contribution in [0.2, 0.25) is 0 Å². The van der Waals surface area contributed by atoms with Gasteiger partial charge in [-0.25, -0.2) is 4.57 Å². The SMILES string of the molecule is CC/C=C/C=C/C=C/C=C/CCCCCCCC(=O)OC[C@H](COP(=O)(O)OCCN)OC(=O)CCCCCC/C=C/C/C=C/C/C=C/CCCCC. The fraction of sp³-hybridized carbons (Fsp3) is 0.628. The minimum Gasteiger partial charge on any atom is -0.462 e. The number of phosphoric ester groups is 1. The van der Waals surface area contributed by atoms with Crippen LogP contribution in [0.5, 0.6) is 0 Å². The van der Waals surface area contributed by atoms with Gasteiger partial charge in [0, 0.05) is 19.4 Å². The van der Waals surface area contributed by atoms with E-state index in [1.54, 1.807) is 0 Å². The fourth-order valence-corrected chi connectivity index (χ4v) is 5.65. The van der Waals surface area contributed by atoms with Crippen molar-refractivity contribution >= 4 is 19.8 Å². The molecule has 0 aliphatic rings. The molecule has 0 fully saturated rings. The molecule has 0 aromatic heterocycles. The molecule has 0 aliphatic carbocycles. The van der Waals surface area contributed by atoms with E-state index in [0.717, 1.165) is 77.0 Å². The van der Waals surface area contributed by atoms with Crippen LogP contribution in [0.15, 0.2) is 85.1 Å². The standard InChI is InChI=1S/C43H72NO8P/c1-3-5-7-9-11-13-15-17-19-20-22-24-26-28-30-32-34-36-43(46)52-41(40-51-53(47,48)50-38-37-44)39-49-42(45)35-33-31-29-27-25-23-21-18-16-14-12-10-8-6-4-2/h6,8,10-14,16-19,21-22,24,41H,3-5,7,9,15,20,23,25-40,44H2,1-2H3,(H,47,48)/b8-6+,12-10+,13-11+,16-14+,19-17+,21-18+,24-22+/t41-/m1/s1. The molecule has 9 nitrogen and oxygen atoms in total. The maximum Gasteiger partial charge on any atom is 0.472 e. The van der Waals surface area contributed by atoms with E-state index in [4.69, 9.17) is 24.3 Å². The zero-order chi connectivity index (χ0) is 38.9.